The summed E-state index contributed by atoms with van der Waals surface area (Å²) in [6, 6.07) is 9.06. The second-order valence-corrected chi connectivity index (χ2v) is 5.13. The molecule has 0 aliphatic carbocycles. The molecule has 1 aromatic carbocycles. The molecule has 0 radical (unpaired) electrons. The van der Waals surface area contributed by atoms with Crippen LogP contribution in [0.4, 0.5) is 11.5 Å². The summed E-state index contributed by atoms with van der Waals surface area (Å²) in [4.78, 5) is 19.9. The van der Waals surface area contributed by atoms with E-state index in [1.165, 1.54) is 11.8 Å². The third-order valence-electron chi connectivity index (χ3n) is 2.66. The average molecular weight is 303 g/mol. The molecule has 5 nitrogen and oxygen atoms in total. The van der Waals surface area contributed by atoms with Gasteiger partial charge in [-0.25, -0.2) is 9.97 Å². The van der Waals surface area contributed by atoms with Gasteiger partial charge in [0.25, 0.3) is 0 Å². The fraction of sp³-hybridized carbons (Fsp3) is 0.267. The van der Waals surface area contributed by atoms with Crippen molar-refractivity contribution in [3.63, 3.8) is 0 Å². The second kappa shape index (κ2) is 7.08. The normalized spacial score (nSPS) is 10.2. The van der Waals surface area contributed by atoms with E-state index in [9.17, 15) is 4.79 Å². The quantitative estimate of drug-likeness (QED) is 0.394. The van der Waals surface area contributed by atoms with Crippen LogP contribution in [0.1, 0.15) is 19.0 Å². The molecule has 0 aliphatic rings. The summed E-state index contributed by atoms with van der Waals surface area (Å²) in [5.74, 6) is 1.04. The molecular formula is C15H17N3O2S. The Morgan fingerprint density at radius 2 is 2.00 bits per heavy atom. The summed E-state index contributed by atoms with van der Waals surface area (Å²) in [6.45, 7) is 3.69. The number of benzene rings is 1. The number of ether oxygens (including phenoxy) is 1. The lowest BCUT2D eigenvalue weighted by atomic mass is 10.3. The maximum absolute atomic E-state index is 11.2. The van der Waals surface area contributed by atoms with Crippen LogP contribution in [0.3, 0.4) is 0 Å². The highest BCUT2D eigenvalue weighted by atomic mass is 32.2. The highest BCUT2D eigenvalue weighted by molar-refractivity contribution is 7.98. The highest BCUT2D eigenvalue weighted by Gasteiger charge is 2.04. The van der Waals surface area contributed by atoms with Crippen molar-refractivity contribution in [3.05, 3.63) is 36.0 Å². The lowest BCUT2D eigenvalue weighted by Crippen LogP contribution is -2.05. The van der Waals surface area contributed by atoms with Crippen molar-refractivity contribution in [3.8, 4) is 5.75 Å². The maximum atomic E-state index is 11.2. The van der Waals surface area contributed by atoms with Crippen LogP contribution in [0.25, 0.3) is 0 Å². The number of carbonyl (C=O) groups is 1. The Hall–Kier alpha value is -2.08. The molecule has 0 saturated carbocycles. The van der Waals surface area contributed by atoms with E-state index in [-0.39, 0.29) is 5.97 Å². The number of nitrogens with one attached hydrogen (secondary N) is 1. The lowest BCUT2D eigenvalue weighted by molar-refractivity contribution is -0.134. The summed E-state index contributed by atoms with van der Waals surface area (Å²) in [5.41, 5.74) is 1.78. The van der Waals surface area contributed by atoms with Gasteiger partial charge >= 0.3 is 5.97 Å². The van der Waals surface area contributed by atoms with Crippen molar-refractivity contribution in [2.24, 2.45) is 0 Å². The Balaban J connectivity index is 2.09. The van der Waals surface area contributed by atoms with Gasteiger partial charge in [0.1, 0.15) is 11.6 Å². The van der Waals surface area contributed by atoms with E-state index in [2.05, 4.69) is 15.3 Å². The van der Waals surface area contributed by atoms with Crippen molar-refractivity contribution in [1.29, 1.82) is 0 Å². The number of nitrogens with zero attached hydrogens (tertiary/aromatic N) is 2. The molecular weight excluding hydrogens is 286 g/mol. The number of carbonyl (C=O) groups excluding carboxylic acids is 1. The van der Waals surface area contributed by atoms with Crippen LogP contribution in [-0.2, 0) is 4.79 Å². The van der Waals surface area contributed by atoms with Crippen LogP contribution < -0.4 is 10.1 Å². The van der Waals surface area contributed by atoms with E-state index in [0.29, 0.717) is 12.2 Å². The van der Waals surface area contributed by atoms with Crippen LogP contribution >= 0.6 is 11.8 Å². The van der Waals surface area contributed by atoms with E-state index in [1.54, 1.807) is 19.1 Å². The first kappa shape index (κ1) is 15.3. The number of esters is 1. The van der Waals surface area contributed by atoms with E-state index >= 15 is 0 Å². The molecule has 2 rings (SSSR count). The van der Waals surface area contributed by atoms with Gasteiger partial charge in [-0.3, -0.25) is 4.79 Å². The Bertz CT molecular complexity index is 629. The molecule has 0 atom stereocenters. The standard InChI is InChI=1S/C15H17N3O2S/c1-4-14(19)20-12-7-5-11(6-8-12)17-13-9-10(2)16-15(18-13)21-3/h5-9H,4H2,1-3H3,(H,16,17,18). The molecule has 0 aliphatic heterocycles. The number of hydrogen-bond donors (Lipinski definition) is 1. The Morgan fingerprint density at radius 1 is 1.29 bits per heavy atom. The molecule has 21 heavy (non-hydrogen) atoms. The van der Waals surface area contributed by atoms with E-state index in [1.807, 2.05) is 31.4 Å². The van der Waals surface area contributed by atoms with Gasteiger partial charge in [0.2, 0.25) is 0 Å². The summed E-state index contributed by atoms with van der Waals surface area (Å²) in [6.07, 6.45) is 2.30. The minimum absolute atomic E-state index is 0.244. The fourth-order valence-electron chi connectivity index (χ4n) is 1.65. The Morgan fingerprint density at radius 3 is 2.62 bits per heavy atom. The van der Waals surface area contributed by atoms with Crippen molar-refractivity contribution in [2.75, 3.05) is 11.6 Å². The monoisotopic (exact) mass is 303 g/mol. The third kappa shape index (κ3) is 4.46. The lowest BCUT2D eigenvalue weighted by Gasteiger charge is -2.08. The highest BCUT2D eigenvalue weighted by Crippen LogP contribution is 2.21. The number of hydrogen-bond acceptors (Lipinski definition) is 6. The van der Waals surface area contributed by atoms with Gasteiger partial charge in [-0.15, -0.1) is 0 Å². The smallest absolute Gasteiger partial charge is 0.310 e. The SMILES string of the molecule is CCC(=O)Oc1ccc(Nc2cc(C)nc(SC)n2)cc1. The van der Waals surface area contributed by atoms with Gasteiger partial charge in [0.15, 0.2) is 5.16 Å². The van der Waals surface area contributed by atoms with Gasteiger partial charge in [-0.05, 0) is 37.4 Å². The van der Waals surface area contributed by atoms with Crippen molar-refractivity contribution in [2.45, 2.75) is 25.4 Å². The molecule has 1 N–H and O–H groups in total. The summed E-state index contributed by atoms with van der Waals surface area (Å²) >= 11 is 1.50. The Kier molecular flexibility index (Phi) is 5.16. The van der Waals surface area contributed by atoms with Crippen molar-refractivity contribution in [1.82, 2.24) is 9.97 Å². The number of thioether (sulfide) groups is 1. The number of anilines is 2. The average Bonchev–Trinajstić information content (AvgIpc) is 2.48. The van der Waals surface area contributed by atoms with Gasteiger partial charge in [0.05, 0.1) is 0 Å². The van der Waals surface area contributed by atoms with Gasteiger partial charge in [-0.2, -0.15) is 0 Å². The van der Waals surface area contributed by atoms with Crippen molar-refractivity contribution < 1.29 is 9.53 Å². The summed E-state index contributed by atoms with van der Waals surface area (Å²) < 4.78 is 5.13. The first-order valence-electron chi connectivity index (χ1n) is 6.58. The molecule has 1 heterocycles. The molecule has 1 aromatic heterocycles. The van der Waals surface area contributed by atoms with E-state index in [4.69, 9.17) is 4.74 Å². The topological polar surface area (TPSA) is 64.1 Å². The third-order valence-corrected chi connectivity index (χ3v) is 3.21. The summed E-state index contributed by atoms with van der Waals surface area (Å²) in [7, 11) is 0. The first-order valence-corrected chi connectivity index (χ1v) is 7.80. The molecule has 2 aromatic rings. The predicted molar refractivity (Wildman–Crippen MR) is 84.2 cm³/mol. The van der Waals surface area contributed by atoms with Crippen LogP contribution in [0.5, 0.6) is 5.75 Å². The molecule has 0 amide bonds. The second-order valence-electron chi connectivity index (χ2n) is 4.36. The molecule has 0 spiro atoms. The van der Waals surface area contributed by atoms with Crippen LogP contribution in [0, 0.1) is 6.92 Å². The van der Waals surface area contributed by atoms with Gasteiger partial charge in [0, 0.05) is 23.9 Å². The molecule has 0 bridgehead atoms. The fourth-order valence-corrected chi connectivity index (χ4v) is 2.08. The van der Waals surface area contributed by atoms with E-state index < -0.39 is 0 Å². The Labute approximate surface area is 128 Å². The zero-order valence-electron chi connectivity index (χ0n) is 12.2. The minimum Gasteiger partial charge on any atom is -0.427 e. The number of aromatic nitrogens is 2. The minimum atomic E-state index is -0.244. The zero-order chi connectivity index (χ0) is 15.2. The van der Waals surface area contributed by atoms with E-state index in [0.717, 1.165) is 22.4 Å². The molecule has 0 saturated heterocycles. The van der Waals surface area contributed by atoms with Gasteiger partial charge in [-0.1, -0.05) is 18.7 Å². The molecule has 110 valence electrons. The maximum Gasteiger partial charge on any atom is 0.310 e. The van der Waals surface area contributed by atoms with Crippen molar-refractivity contribution >= 4 is 29.2 Å². The van der Waals surface area contributed by atoms with Crippen LogP contribution in [-0.4, -0.2) is 22.2 Å². The molecule has 0 fully saturated rings. The molecule has 6 heteroatoms. The largest absolute Gasteiger partial charge is 0.427 e. The molecule has 0 unspecified atom stereocenters. The summed E-state index contributed by atoms with van der Waals surface area (Å²) in [5, 5.41) is 3.94. The van der Waals surface area contributed by atoms with Gasteiger partial charge < -0.3 is 10.1 Å². The van der Waals surface area contributed by atoms with Crippen LogP contribution in [0.15, 0.2) is 35.5 Å². The predicted octanol–water partition coefficient (Wildman–Crippen LogP) is 3.57. The number of aryl methyl sites for hydroxylation is 1. The van der Waals surface area contributed by atoms with Crippen LogP contribution in [0.2, 0.25) is 0 Å². The first-order chi connectivity index (χ1) is 10.1. The zero-order valence-corrected chi connectivity index (χ0v) is 13.0. The number of rotatable bonds is 5.